The summed E-state index contributed by atoms with van der Waals surface area (Å²) in [7, 11) is 0. The van der Waals surface area contributed by atoms with Gasteiger partial charge in [0.15, 0.2) is 0 Å². The summed E-state index contributed by atoms with van der Waals surface area (Å²) in [5, 5.41) is 0. The quantitative estimate of drug-likeness (QED) is 0.560. The molecule has 0 amide bonds. The van der Waals surface area contributed by atoms with Gasteiger partial charge in [-0.15, -0.1) is 6.92 Å². The van der Waals surface area contributed by atoms with E-state index in [1.165, 1.54) is 0 Å². The summed E-state index contributed by atoms with van der Waals surface area (Å²) in [5.74, 6) is 0. The molecular formula is C4H7W-. The van der Waals surface area contributed by atoms with Crippen molar-refractivity contribution in [1.82, 2.24) is 0 Å². The first-order valence-electron chi connectivity index (χ1n) is 1.32. The molecule has 5 heavy (non-hydrogen) atoms. The summed E-state index contributed by atoms with van der Waals surface area (Å²) in [4.78, 5) is 0. The third-order valence-electron chi connectivity index (χ3n) is 0.236. The third-order valence-corrected chi connectivity index (χ3v) is 0.236. The molecule has 0 nitrogen and oxygen atoms in total. The maximum absolute atomic E-state index is 3.42. The zero-order chi connectivity index (χ0) is 3.41. The van der Waals surface area contributed by atoms with Crippen LogP contribution in [0.2, 0.25) is 0 Å². The summed E-state index contributed by atoms with van der Waals surface area (Å²) in [5.41, 5.74) is 0. The van der Waals surface area contributed by atoms with Crippen LogP contribution in [0.25, 0.3) is 0 Å². The molecule has 0 bridgehead atoms. The van der Waals surface area contributed by atoms with Crippen molar-refractivity contribution in [3.63, 3.8) is 0 Å². The Morgan fingerprint density at radius 3 is 1.80 bits per heavy atom. The molecule has 0 saturated carbocycles. The summed E-state index contributed by atoms with van der Waals surface area (Å²) < 4.78 is 0. The smallest absolute Gasteiger partial charge is 0 e. The van der Waals surface area contributed by atoms with E-state index < -0.39 is 0 Å². The molecule has 0 aliphatic carbocycles. The second kappa shape index (κ2) is 8.85. The first-order valence-corrected chi connectivity index (χ1v) is 1.32. The van der Waals surface area contributed by atoms with Gasteiger partial charge < -0.3 is 0 Å². The van der Waals surface area contributed by atoms with Crippen molar-refractivity contribution in [2.75, 3.05) is 0 Å². The second-order valence-electron chi connectivity index (χ2n) is 0.569. The minimum Gasteiger partial charge on any atom is -0.245 e. The van der Waals surface area contributed by atoms with Crippen LogP contribution >= 0.6 is 0 Å². The molecule has 0 aromatic heterocycles. The molecule has 30 valence electrons. The normalized spacial score (nSPS) is 7.40. The van der Waals surface area contributed by atoms with E-state index in [4.69, 9.17) is 0 Å². The van der Waals surface area contributed by atoms with Gasteiger partial charge in [-0.05, 0) is 0 Å². The number of allylic oxidation sites excluding steroid dienone is 2. The largest absolute Gasteiger partial charge is 0.245 e. The fourth-order valence-electron chi connectivity index (χ4n) is 0. The topological polar surface area (TPSA) is 0 Å². The number of hydrogen-bond donors (Lipinski definition) is 0. The van der Waals surface area contributed by atoms with Crippen LogP contribution in [0.1, 0.15) is 6.92 Å². The van der Waals surface area contributed by atoms with Gasteiger partial charge in [-0.2, -0.15) is 0 Å². The van der Waals surface area contributed by atoms with Gasteiger partial charge in [-0.3, -0.25) is 0 Å². The van der Waals surface area contributed by atoms with E-state index in [-0.39, 0.29) is 21.1 Å². The van der Waals surface area contributed by atoms with Gasteiger partial charge in [-0.25, -0.2) is 19.1 Å². The van der Waals surface area contributed by atoms with Crippen LogP contribution in [0.5, 0.6) is 0 Å². The summed E-state index contributed by atoms with van der Waals surface area (Å²) in [6, 6.07) is 0. The Balaban J connectivity index is 0. The molecule has 0 spiro atoms. The Labute approximate surface area is 47.5 Å². The maximum Gasteiger partial charge on any atom is 0 e. The van der Waals surface area contributed by atoms with Crippen LogP contribution in [-0.2, 0) is 21.1 Å². The predicted octanol–water partition coefficient (Wildman–Crippen LogP) is 1.39. The van der Waals surface area contributed by atoms with Crippen molar-refractivity contribution in [1.29, 1.82) is 0 Å². The molecule has 0 saturated heterocycles. The summed E-state index contributed by atoms with van der Waals surface area (Å²) in [6.07, 6.45) is 3.64. The van der Waals surface area contributed by atoms with Gasteiger partial charge >= 0.3 is 0 Å². The molecule has 0 rings (SSSR count). The fraction of sp³-hybridized carbons (Fsp3) is 0.250. The molecule has 0 fully saturated rings. The SMILES string of the molecule is [CH2-]C=CC.[W]. The van der Waals surface area contributed by atoms with Gasteiger partial charge in [0.05, 0.1) is 0 Å². The van der Waals surface area contributed by atoms with E-state index in [1.807, 2.05) is 13.0 Å². The molecule has 0 radical (unpaired) electrons. The molecule has 0 aliphatic heterocycles. The molecular weight excluding hydrogens is 232 g/mol. The predicted molar refractivity (Wildman–Crippen MR) is 20.2 cm³/mol. The third kappa shape index (κ3) is 13.5. The first kappa shape index (κ1) is 9.00. The number of hydrogen-bond acceptors (Lipinski definition) is 0. The molecule has 1 heteroatoms. The van der Waals surface area contributed by atoms with Crippen molar-refractivity contribution < 1.29 is 21.1 Å². The van der Waals surface area contributed by atoms with Crippen molar-refractivity contribution >= 4 is 0 Å². The van der Waals surface area contributed by atoms with Crippen molar-refractivity contribution in [3.8, 4) is 0 Å². The van der Waals surface area contributed by atoms with E-state index in [0.29, 0.717) is 0 Å². The van der Waals surface area contributed by atoms with Gasteiger partial charge in [0.25, 0.3) is 0 Å². The van der Waals surface area contributed by atoms with E-state index in [2.05, 4.69) is 6.92 Å². The van der Waals surface area contributed by atoms with Crippen LogP contribution in [0.15, 0.2) is 12.2 Å². The average molecular weight is 239 g/mol. The Bertz CT molecular complexity index is 18.8. The molecule has 0 aliphatic rings. The molecule has 0 heterocycles. The van der Waals surface area contributed by atoms with Crippen LogP contribution < -0.4 is 0 Å². The average Bonchev–Trinajstić information content (AvgIpc) is 1.37. The zero-order valence-corrected chi connectivity index (χ0v) is 6.20. The van der Waals surface area contributed by atoms with Gasteiger partial charge in [0.1, 0.15) is 0 Å². The minimum absolute atomic E-state index is 0. The maximum atomic E-state index is 3.42. The van der Waals surface area contributed by atoms with Gasteiger partial charge in [0, 0.05) is 21.1 Å². The standard InChI is InChI=1S/C4H7.W/c1-3-4-2;/h3-4H,1H2,2H3;/q-1;. The molecule has 0 aromatic carbocycles. The van der Waals surface area contributed by atoms with Crippen LogP contribution in [0.3, 0.4) is 0 Å². The van der Waals surface area contributed by atoms with Crippen molar-refractivity contribution in [3.05, 3.63) is 19.1 Å². The van der Waals surface area contributed by atoms with E-state index in [0.717, 1.165) is 0 Å². The van der Waals surface area contributed by atoms with Crippen LogP contribution in [0, 0.1) is 6.92 Å². The molecule has 0 unspecified atom stereocenters. The summed E-state index contributed by atoms with van der Waals surface area (Å²) >= 11 is 0. The van der Waals surface area contributed by atoms with E-state index >= 15 is 0 Å². The van der Waals surface area contributed by atoms with E-state index in [1.54, 1.807) is 6.08 Å². The zero-order valence-electron chi connectivity index (χ0n) is 3.27. The Morgan fingerprint density at radius 1 is 1.60 bits per heavy atom. The fourth-order valence-corrected chi connectivity index (χ4v) is 0. The second-order valence-corrected chi connectivity index (χ2v) is 0.569. The van der Waals surface area contributed by atoms with Gasteiger partial charge in [0.2, 0.25) is 0 Å². The van der Waals surface area contributed by atoms with E-state index in [9.17, 15) is 0 Å². The van der Waals surface area contributed by atoms with Crippen molar-refractivity contribution in [2.24, 2.45) is 0 Å². The summed E-state index contributed by atoms with van der Waals surface area (Å²) in [6.45, 7) is 5.36. The van der Waals surface area contributed by atoms with Crippen LogP contribution in [-0.4, -0.2) is 0 Å². The molecule has 0 atom stereocenters. The van der Waals surface area contributed by atoms with Crippen LogP contribution in [0.4, 0.5) is 0 Å². The Kier molecular flexibility index (Phi) is 15.9. The molecule has 0 N–H and O–H groups in total. The number of rotatable bonds is 0. The minimum atomic E-state index is 0. The monoisotopic (exact) mass is 239 g/mol. The van der Waals surface area contributed by atoms with Gasteiger partial charge in [-0.1, -0.05) is 0 Å². The first-order chi connectivity index (χ1) is 1.91. The Morgan fingerprint density at radius 2 is 1.80 bits per heavy atom. The van der Waals surface area contributed by atoms with Crippen molar-refractivity contribution in [2.45, 2.75) is 6.92 Å². The molecule has 0 aromatic rings. The Hall–Kier alpha value is 0.298.